The second-order valence-electron chi connectivity index (χ2n) is 3.09. The first kappa shape index (κ1) is 16.1. The van der Waals surface area contributed by atoms with Crippen LogP contribution in [0.2, 0.25) is 0 Å². The molecule has 0 aliphatic carbocycles. The molecule has 0 saturated heterocycles. The number of aldehydes is 1. The van der Waals surface area contributed by atoms with Gasteiger partial charge in [0.25, 0.3) is 0 Å². The van der Waals surface area contributed by atoms with E-state index in [2.05, 4.69) is 0 Å². The molecule has 2 nitrogen and oxygen atoms in total. The summed E-state index contributed by atoms with van der Waals surface area (Å²) in [5, 5.41) is 0. The van der Waals surface area contributed by atoms with Crippen molar-refractivity contribution in [3.63, 3.8) is 0 Å². The van der Waals surface area contributed by atoms with E-state index in [9.17, 15) is 4.79 Å². The van der Waals surface area contributed by atoms with Gasteiger partial charge in [-0.15, -0.1) is 6.61 Å². The molecule has 0 amide bonds. The first-order chi connectivity index (χ1) is 7.86. The van der Waals surface area contributed by atoms with Gasteiger partial charge in [-0.05, 0) is 0 Å². The molecule has 0 aromatic heterocycles. The van der Waals surface area contributed by atoms with E-state index in [1.54, 1.807) is 12.1 Å². The number of carbonyl (C=O) groups excluding carboxylic acids is 1. The Bertz CT molecular complexity index is 368. The van der Waals surface area contributed by atoms with Crippen LogP contribution in [-0.2, 0) is 28.4 Å². The van der Waals surface area contributed by atoms with Gasteiger partial charge in [0.15, 0.2) is 0 Å². The van der Waals surface area contributed by atoms with Gasteiger partial charge >= 0.3 is 0 Å². The Hall–Kier alpha value is -0.861. The summed E-state index contributed by atoms with van der Waals surface area (Å²) in [6.45, 7) is 0.622. The van der Waals surface area contributed by atoms with Crippen molar-refractivity contribution in [1.82, 2.24) is 0 Å². The van der Waals surface area contributed by atoms with Crippen LogP contribution in [0.4, 0.5) is 0 Å². The molecular weight excluding hydrogens is 279 g/mol. The zero-order valence-corrected chi connectivity index (χ0v) is 11.0. The van der Waals surface area contributed by atoms with Crippen LogP contribution in [0.25, 0.3) is 0 Å². The van der Waals surface area contributed by atoms with Gasteiger partial charge in [-0.25, -0.2) is 12.1 Å². The van der Waals surface area contributed by atoms with Crippen molar-refractivity contribution < 1.29 is 26.6 Å². The second-order valence-corrected chi connectivity index (χ2v) is 3.31. The van der Waals surface area contributed by atoms with Crippen molar-refractivity contribution in [3.05, 3.63) is 59.7 Å². The quantitative estimate of drug-likeness (QED) is 0.374. The minimum absolute atomic E-state index is 0. The molecule has 0 saturated carbocycles. The number of ether oxygens (including phenoxy) is 1. The Labute approximate surface area is 117 Å². The molecule has 0 radical (unpaired) electrons. The van der Waals surface area contributed by atoms with E-state index in [-0.39, 0.29) is 23.1 Å². The predicted octanol–water partition coefficient (Wildman–Crippen LogP) is 3.33. The maximum atomic E-state index is 9.87. The van der Waals surface area contributed by atoms with Crippen LogP contribution in [0.3, 0.4) is 0 Å². The Morgan fingerprint density at radius 1 is 1.24 bits per heavy atom. The maximum absolute atomic E-state index is 9.87. The molecule has 0 atom stereocenters. The minimum Gasteiger partial charge on any atom is -0.747 e. The third-order valence-corrected chi connectivity index (χ3v) is 2.06. The number of hydrogen-bond donors (Lipinski definition) is 0. The number of alkyl halides is 1. The van der Waals surface area contributed by atoms with Crippen molar-refractivity contribution in [1.29, 1.82) is 0 Å². The van der Waals surface area contributed by atoms with E-state index >= 15 is 0 Å². The standard InChI is InChI=1S/C7H8ClO.C6H5O.Fe/c8-6-9-5-7-3-1-2-4-7;7-5-6-3-1-2-4-6;/h1-4H,5-6H2;1-5H;/q-5;-1;. The van der Waals surface area contributed by atoms with Crippen molar-refractivity contribution in [2.45, 2.75) is 6.61 Å². The van der Waals surface area contributed by atoms with Gasteiger partial charge in [-0.1, -0.05) is 17.2 Å². The smallest absolute Gasteiger partial charge is 0.117 e. The number of carbonyl (C=O) groups is 1. The van der Waals surface area contributed by atoms with Crippen LogP contribution < -0.4 is 0 Å². The van der Waals surface area contributed by atoms with E-state index in [1.165, 1.54) is 5.56 Å². The van der Waals surface area contributed by atoms with Crippen molar-refractivity contribution >= 4 is 17.9 Å². The van der Waals surface area contributed by atoms with Gasteiger partial charge < -0.3 is 39.4 Å². The van der Waals surface area contributed by atoms with Crippen molar-refractivity contribution in [2.75, 3.05) is 6.07 Å². The van der Waals surface area contributed by atoms with E-state index in [0.717, 1.165) is 11.8 Å². The summed E-state index contributed by atoms with van der Waals surface area (Å²) in [5.74, 6) is 0. The van der Waals surface area contributed by atoms with Gasteiger partial charge in [-0.3, -0.25) is 0 Å². The summed E-state index contributed by atoms with van der Waals surface area (Å²) >= 11 is 5.30. The summed E-state index contributed by atoms with van der Waals surface area (Å²) in [6.07, 6.45) is 0.833. The number of hydrogen-bond acceptors (Lipinski definition) is 2. The second kappa shape index (κ2) is 10.3. The molecule has 2 rings (SSSR count). The van der Waals surface area contributed by atoms with Crippen LogP contribution in [0, 0.1) is 0 Å². The largest absolute Gasteiger partial charge is 0.747 e. The van der Waals surface area contributed by atoms with Gasteiger partial charge in [0.1, 0.15) is 6.07 Å². The van der Waals surface area contributed by atoms with Crippen molar-refractivity contribution in [2.24, 2.45) is 0 Å². The molecule has 0 aliphatic heterocycles. The molecule has 2 aromatic rings. The van der Waals surface area contributed by atoms with Crippen LogP contribution in [0.1, 0.15) is 15.9 Å². The SMILES string of the molecule is ClCOC[c-]1[cH-][cH-][cH-][cH-]1.O=C[c-]1cccc1.[Fe]. The van der Waals surface area contributed by atoms with Crippen LogP contribution in [0.5, 0.6) is 0 Å². The zero-order valence-electron chi connectivity index (χ0n) is 9.16. The molecule has 2 aromatic carbocycles. The van der Waals surface area contributed by atoms with Gasteiger partial charge in [0.05, 0.1) is 6.29 Å². The first-order valence-electron chi connectivity index (χ1n) is 4.88. The van der Waals surface area contributed by atoms with Crippen LogP contribution >= 0.6 is 11.6 Å². The molecule has 4 heteroatoms. The fourth-order valence-corrected chi connectivity index (χ4v) is 1.21. The zero-order chi connectivity index (χ0) is 11.6. The summed E-state index contributed by atoms with van der Waals surface area (Å²) in [5.41, 5.74) is 1.93. The Kier molecular flexibility index (Phi) is 9.78. The molecule has 0 spiro atoms. The van der Waals surface area contributed by atoms with Crippen molar-refractivity contribution in [3.8, 4) is 0 Å². The molecule has 0 N–H and O–H groups in total. The molecule has 17 heavy (non-hydrogen) atoms. The molecule has 98 valence electrons. The van der Waals surface area contributed by atoms with E-state index in [0.29, 0.717) is 6.61 Å². The average molecular weight is 293 g/mol. The Morgan fingerprint density at radius 2 is 1.82 bits per heavy atom. The van der Waals surface area contributed by atoms with E-state index in [1.807, 2.05) is 36.4 Å². The average Bonchev–Trinajstić information content (AvgIpc) is 3.00. The van der Waals surface area contributed by atoms with Gasteiger partial charge in [0, 0.05) is 17.1 Å². The molecule has 0 unspecified atom stereocenters. The topological polar surface area (TPSA) is 26.3 Å². The third-order valence-electron chi connectivity index (χ3n) is 1.90. The Balaban J connectivity index is 0.000000292. The summed E-state index contributed by atoms with van der Waals surface area (Å²) in [7, 11) is 0. The van der Waals surface area contributed by atoms with Gasteiger partial charge in [-0.2, -0.15) is 12.1 Å². The molecular formula is C13H13ClFeO2-6. The van der Waals surface area contributed by atoms with Gasteiger partial charge in [0.2, 0.25) is 0 Å². The molecule has 0 aliphatic rings. The van der Waals surface area contributed by atoms with E-state index < -0.39 is 0 Å². The molecule has 0 fully saturated rings. The number of rotatable bonds is 4. The Morgan fingerprint density at radius 3 is 2.24 bits per heavy atom. The third kappa shape index (κ3) is 7.14. The molecule has 0 bridgehead atoms. The fraction of sp³-hybridized carbons (Fsp3) is 0.154. The van der Waals surface area contributed by atoms with E-state index in [4.69, 9.17) is 16.3 Å². The summed E-state index contributed by atoms with van der Waals surface area (Å²) in [4.78, 5) is 9.87. The summed E-state index contributed by atoms with van der Waals surface area (Å²) in [6, 6.07) is 15.5. The minimum atomic E-state index is 0. The monoisotopic (exact) mass is 292 g/mol. The predicted molar refractivity (Wildman–Crippen MR) is 65.0 cm³/mol. The maximum Gasteiger partial charge on any atom is 0.117 e. The molecule has 0 heterocycles. The fourth-order valence-electron chi connectivity index (χ4n) is 1.13. The van der Waals surface area contributed by atoms with Crippen LogP contribution in [-0.4, -0.2) is 12.4 Å². The summed E-state index contributed by atoms with van der Waals surface area (Å²) < 4.78 is 4.94. The van der Waals surface area contributed by atoms with Crippen LogP contribution in [0.15, 0.2) is 48.5 Å². The number of halogens is 1. The first-order valence-corrected chi connectivity index (χ1v) is 5.41. The normalized spacial score (nSPS) is 8.76.